The Morgan fingerprint density at radius 2 is 2.21 bits per heavy atom. The van der Waals surface area contributed by atoms with Crippen molar-refractivity contribution < 1.29 is 9.90 Å². The molecule has 0 aromatic carbocycles. The maximum Gasteiger partial charge on any atom is 0.256 e. The van der Waals surface area contributed by atoms with Crippen LogP contribution < -0.4 is 0 Å². The number of aromatic amines is 1. The number of amides is 1. The fourth-order valence-electron chi connectivity index (χ4n) is 2.91. The number of likely N-dealkylation sites (tertiary alicyclic amines) is 1. The molecule has 1 saturated heterocycles. The molecule has 1 aliphatic rings. The summed E-state index contributed by atoms with van der Waals surface area (Å²) in [5.74, 6) is 0.0358. The van der Waals surface area contributed by atoms with Gasteiger partial charge in [-0.05, 0) is 38.2 Å². The standard InChI is InChI=1S/C15H24N2O2/c1-10-7-13(11(2)16-10)14(19)17-9-15(3,4)6-5-12(17)8-18/h7,12,16,18H,5-6,8-9H2,1-4H3. The summed E-state index contributed by atoms with van der Waals surface area (Å²) >= 11 is 0. The second-order valence-corrected chi connectivity index (χ2v) is 6.46. The molecule has 1 aromatic heterocycles. The van der Waals surface area contributed by atoms with Gasteiger partial charge in [0.25, 0.3) is 5.91 Å². The van der Waals surface area contributed by atoms with Gasteiger partial charge in [0.1, 0.15) is 0 Å². The van der Waals surface area contributed by atoms with Gasteiger partial charge in [0.2, 0.25) is 0 Å². The van der Waals surface area contributed by atoms with Gasteiger partial charge in [-0.3, -0.25) is 4.79 Å². The summed E-state index contributed by atoms with van der Waals surface area (Å²) in [6, 6.07) is 1.85. The largest absolute Gasteiger partial charge is 0.394 e. The fraction of sp³-hybridized carbons (Fsp3) is 0.667. The van der Waals surface area contributed by atoms with Crippen LogP contribution in [0.1, 0.15) is 48.4 Å². The van der Waals surface area contributed by atoms with E-state index >= 15 is 0 Å². The van der Waals surface area contributed by atoms with Crippen LogP contribution in [0.5, 0.6) is 0 Å². The third-order valence-electron chi connectivity index (χ3n) is 4.05. The van der Waals surface area contributed by atoms with E-state index in [2.05, 4.69) is 18.8 Å². The quantitative estimate of drug-likeness (QED) is 0.861. The molecule has 1 fully saturated rings. The molecule has 0 radical (unpaired) electrons. The van der Waals surface area contributed by atoms with Crippen LogP contribution >= 0.6 is 0 Å². The zero-order valence-corrected chi connectivity index (χ0v) is 12.3. The van der Waals surface area contributed by atoms with E-state index in [0.29, 0.717) is 6.54 Å². The molecule has 4 heteroatoms. The SMILES string of the molecule is Cc1cc(C(=O)N2CC(C)(C)CCC2CO)c(C)[nH]1. The zero-order valence-electron chi connectivity index (χ0n) is 12.3. The number of aliphatic hydroxyl groups excluding tert-OH is 1. The molecule has 2 heterocycles. The molecule has 1 unspecified atom stereocenters. The minimum atomic E-state index is -0.0462. The van der Waals surface area contributed by atoms with Gasteiger partial charge in [-0.2, -0.15) is 0 Å². The zero-order chi connectivity index (χ0) is 14.2. The first-order valence-electron chi connectivity index (χ1n) is 6.92. The average molecular weight is 264 g/mol. The highest BCUT2D eigenvalue weighted by Crippen LogP contribution is 2.33. The first kappa shape index (κ1) is 14.1. The third-order valence-corrected chi connectivity index (χ3v) is 4.05. The van der Waals surface area contributed by atoms with E-state index in [4.69, 9.17) is 0 Å². The van der Waals surface area contributed by atoms with Crippen LogP contribution in [0, 0.1) is 19.3 Å². The number of nitrogens with one attached hydrogen (secondary N) is 1. The van der Waals surface area contributed by atoms with Crippen LogP contribution in [0.4, 0.5) is 0 Å². The first-order chi connectivity index (χ1) is 8.84. The summed E-state index contributed by atoms with van der Waals surface area (Å²) in [7, 11) is 0. The van der Waals surface area contributed by atoms with Crippen LogP contribution in [0.2, 0.25) is 0 Å². The highest BCUT2D eigenvalue weighted by Gasteiger charge is 2.36. The van der Waals surface area contributed by atoms with Crippen molar-refractivity contribution >= 4 is 5.91 Å². The molecule has 0 saturated carbocycles. The fourth-order valence-corrected chi connectivity index (χ4v) is 2.91. The lowest BCUT2D eigenvalue weighted by Gasteiger charge is -2.43. The average Bonchev–Trinajstić information content (AvgIpc) is 2.66. The Morgan fingerprint density at radius 3 is 2.74 bits per heavy atom. The smallest absolute Gasteiger partial charge is 0.256 e. The summed E-state index contributed by atoms with van der Waals surface area (Å²) in [5, 5.41) is 9.50. The number of carbonyl (C=O) groups is 1. The van der Waals surface area contributed by atoms with Crippen LogP contribution in [0.25, 0.3) is 0 Å². The summed E-state index contributed by atoms with van der Waals surface area (Å²) in [6.45, 7) is 8.98. The van der Waals surface area contributed by atoms with Crippen molar-refractivity contribution in [3.63, 3.8) is 0 Å². The predicted octanol–water partition coefficient (Wildman–Crippen LogP) is 2.25. The lowest BCUT2D eigenvalue weighted by Crippen LogP contribution is -2.51. The minimum absolute atomic E-state index is 0.0358. The summed E-state index contributed by atoms with van der Waals surface area (Å²) < 4.78 is 0. The Morgan fingerprint density at radius 1 is 1.53 bits per heavy atom. The predicted molar refractivity (Wildman–Crippen MR) is 75.2 cm³/mol. The van der Waals surface area contributed by atoms with Crippen LogP contribution in [-0.2, 0) is 0 Å². The van der Waals surface area contributed by atoms with E-state index < -0.39 is 0 Å². The van der Waals surface area contributed by atoms with Gasteiger partial charge in [0, 0.05) is 17.9 Å². The van der Waals surface area contributed by atoms with Gasteiger partial charge in [-0.15, -0.1) is 0 Å². The molecule has 1 amide bonds. The molecule has 1 aliphatic heterocycles. The number of aliphatic hydroxyl groups is 1. The van der Waals surface area contributed by atoms with E-state index in [0.717, 1.165) is 29.8 Å². The highest BCUT2D eigenvalue weighted by molar-refractivity contribution is 5.96. The van der Waals surface area contributed by atoms with Gasteiger partial charge in [0.15, 0.2) is 0 Å². The second kappa shape index (κ2) is 5.00. The van der Waals surface area contributed by atoms with Crippen LogP contribution in [0.15, 0.2) is 6.07 Å². The van der Waals surface area contributed by atoms with Crippen molar-refractivity contribution in [3.8, 4) is 0 Å². The molecule has 0 spiro atoms. The number of hydrogen-bond donors (Lipinski definition) is 2. The Balaban J connectivity index is 2.27. The van der Waals surface area contributed by atoms with Crippen molar-refractivity contribution in [1.29, 1.82) is 0 Å². The number of hydrogen-bond acceptors (Lipinski definition) is 2. The lowest BCUT2D eigenvalue weighted by atomic mass is 9.81. The van der Waals surface area contributed by atoms with Gasteiger partial charge >= 0.3 is 0 Å². The van der Waals surface area contributed by atoms with Crippen LogP contribution in [-0.4, -0.2) is 40.1 Å². The maximum atomic E-state index is 12.7. The molecule has 2 N–H and O–H groups in total. The Labute approximate surface area is 114 Å². The third kappa shape index (κ3) is 2.84. The highest BCUT2D eigenvalue weighted by atomic mass is 16.3. The summed E-state index contributed by atoms with van der Waals surface area (Å²) in [5.41, 5.74) is 2.76. The van der Waals surface area contributed by atoms with E-state index in [1.54, 1.807) is 0 Å². The van der Waals surface area contributed by atoms with Crippen molar-refractivity contribution in [2.75, 3.05) is 13.2 Å². The van der Waals surface area contributed by atoms with E-state index in [1.807, 2.05) is 24.8 Å². The van der Waals surface area contributed by atoms with Gasteiger partial charge < -0.3 is 15.0 Å². The number of piperidine rings is 1. The van der Waals surface area contributed by atoms with E-state index in [1.165, 1.54) is 0 Å². The molecular formula is C15H24N2O2. The Kier molecular flexibility index (Phi) is 3.72. The second-order valence-electron chi connectivity index (χ2n) is 6.46. The minimum Gasteiger partial charge on any atom is -0.394 e. The molecule has 2 rings (SSSR count). The first-order valence-corrected chi connectivity index (χ1v) is 6.92. The molecule has 19 heavy (non-hydrogen) atoms. The maximum absolute atomic E-state index is 12.7. The van der Waals surface area contributed by atoms with E-state index in [-0.39, 0.29) is 24.0 Å². The van der Waals surface area contributed by atoms with Crippen LogP contribution in [0.3, 0.4) is 0 Å². The Bertz CT molecular complexity index is 476. The van der Waals surface area contributed by atoms with Crippen molar-refractivity contribution in [1.82, 2.24) is 9.88 Å². The Hall–Kier alpha value is -1.29. The van der Waals surface area contributed by atoms with Gasteiger partial charge in [-0.25, -0.2) is 0 Å². The molecule has 1 aromatic rings. The molecule has 0 aliphatic carbocycles. The van der Waals surface area contributed by atoms with E-state index in [9.17, 15) is 9.90 Å². The van der Waals surface area contributed by atoms with Gasteiger partial charge in [0.05, 0.1) is 18.2 Å². The number of H-pyrrole nitrogens is 1. The normalized spacial score (nSPS) is 22.6. The molecule has 106 valence electrons. The molecule has 1 atom stereocenters. The van der Waals surface area contributed by atoms with Crippen molar-refractivity contribution in [2.45, 2.75) is 46.6 Å². The lowest BCUT2D eigenvalue weighted by molar-refractivity contribution is 0.0247. The number of aryl methyl sites for hydroxylation is 2. The number of rotatable bonds is 2. The number of carbonyl (C=O) groups excluding carboxylic acids is 1. The summed E-state index contributed by atoms with van der Waals surface area (Å²) in [4.78, 5) is 17.7. The molecule has 0 bridgehead atoms. The topological polar surface area (TPSA) is 56.3 Å². The molecule has 4 nitrogen and oxygen atoms in total. The number of aromatic nitrogens is 1. The van der Waals surface area contributed by atoms with Crippen molar-refractivity contribution in [2.24, 2.45) is 5.41 Å². The number of nitrogens with zero attached hydrogens (tertiary/aromatic N) is 1. The van der Waals surface area contributed by atoms with Crippen molar-refractivity contribution in [3.05, 3.63) is 23.0 Å². The molecular weight excluding hydrogens is 240 g/mol. The van der Waals surface area contributed by atoms with Gasteiger partial charge in [-0.1, -0.05) is 13.8 Å². The summed E-state index contributed by atoms with van der Waals surface area (Å²) in [6.07, 6.45) is 1.92. The monoisotopic (exact) mass is 264 g/mol.